The Morgan fingerprint density at radius 3 is 2.60 bits per heavy atom. The molecule has 2 N–H and O–H groups in total. The van der Waals surface area contributed by atoms with Crippen LogP contribution >= 0.6 is 11.6 Å². The average molecular weight is 432 g/mol. The summed E-state index contributed by atoms with van der Waals surface area (Å²) in [5.74, 6) is -1.40. The molecule has 2 atom stereocenters. The van der Waals surface area contributed by atoms with E-state index in [1.807, 2.05) is 6.08 Å². The zero-order chi connectivity index (χ0) is 21.7. The molecule has 30 heavy (non-hydrogen) atoms. The van der Waals surface area contributed by atoms with Gasteiger partial charge in [-0.05, 0) is 48.2 Å². The molecule has 5 nitrogen and oxygen atoms in total. The summed E-state index contributed by atoms with van der Waals surface area (Å²) in [5, 5.41) is 19.3. The summed E-state index contributed by atoms with van der Waals surface area (Å²) in [7, 11) is 0. The van der Waals surface area contributed by atoms with E-state index in [4.69, 9.17) is 16.7 Å². The number of rotatable bonds is 8. The maximum absolute atomic E-state index is 13.2. The quantitative estimate of drug-likeness (QED) is 0.622. The van der Waals surface area contributed by atoms with Gasteiger partial charge in [-0.2, -0.15) is 0 Å². The van der Waals surface area contributed by atoms with Gasteiger partial charge in [0.2, 0.25) is 5.91 Å². The summed E-state index contributed by atoms with van der Waals surface area (Å²) in [6.07, 6.45) is 4.79. The monoisotopic (exact) mass is 431 g/mol. The molecule has 2 aromatic rings. The van der Waals surface area contributed by atoms with Crippen LogP contribution in [-0.2, 0) is 17.6 Å². The van der Waals surface area contributed by atoms with Crippen molar-refractivity contribution in [2.45, 2.75) is 37.8 Å². The maximum atomic E-state index is 13.2. The Hall–Kier alpha value is -2.70. The molecule has 1 saturated heterocycles. The smallest absolute Gasteiger partial charge is 0.335 e. The number of carbonyl (C=O) groups excluding carboxylic acids is 1. The van der Waals surface area contributed by atoms with Gasteiger partial charge in [0, 0.05) is 19.4 Å². The Labute approximate surface area is 179 Å². The van der Waals surface area contributed by atoms with E-state index in [0.29, 0.717) is 32.2 Å². The van der Waals surface area contributed by atoms with Crippen LogP contribution in [0.25, 0.3) is 0 Å². The van der Waals surface area contributed by atoms with Gasteiger partial charge in [-0.3, -0.25) is 4.79 Å². The summed E-state index contributed by atoms with van der Waals surface area (Å²) in [6.45, 7) is 0.518. The highest BCUT2D eigenvalue weighted by atomic mass is 35.5. The van der Waals surface area contributed by atoms with Crippen molar-refractivity contribution in [1.82, 2.24) is 4.90 Å². The molecule has 1 aliphatic heterocycles. The van der Waals surface area contributed by atoms with Crippen molar-refractivity contribution in [3.63, 3.8) is 0 Å². The second kappa shape index (κ2) is 9.87. The minimum atomic E-state index is -0.970. The van der Waals surface area contributed by atoms with Gasteiger partial charge in [0.25, 0.3) is 0 Å². The number of nitrogens with zero attached hydrogens (tertiary/aromatic N) is 1. The Bertz CT molecular complexity index is 945. The number of carboxylic acids is 1. The SMILES string of the molecule is O=C(O)c1ccc(CCN2C(=O)CC[C@@H]2/C=C/[C@@H](O)Cc2ccc(F)c(Cl)c2)cc1. The average Bonchev–Trinajstić information content (AvgIpc) is 3.07. The van der Waals surface area contributed by atoms with Gasteiger partial charge >= 0.3 is 5.97 Å². The van der Waals surface area contributed by atoms with Gasteiger partial charge in [0.1, 0.15) is 5.82 Å². The van der Waals surface area contributed by atoms with Crippen LogP contribution < -0.4 is 0 Å². The van der Waals surface area contributed by atoms with Crippen molar-refractivity contribution in [2.75, 3.05) is 6.54 Å². The van der Waals surface area contributed by atoms with E-state index in [2.05, 4.69) is 0 Å². The molecule has 0 radical (unpaired) electrons. The molecule has 2 aromatic carbocycles. The van der Waals surface area contributed by atoms with Gasteiger partial charge in [-0.1, -0.05) is 42.0 Å². The van der Waals surface area contributed by atoms with Crippen molar-refractivity contribution in [3.8, 4) is 0 Å². The molecule has 1 heterocycles. The van der Waals surface area contributed by atoms with E-state index in [1.165, 1.54) is 12.1 Å². The number of aliphatic hydroxyl groups is 1. The summed E-state index contributed by atoms with van der Waals surface area (Å²) in [6, 6.07) is 10.9. The van der Waals surface area contributed by atoms with E-state index in [9.17, 15) is 19.1 Å². The Morgan fingerprint density at radius 1 is 1.23 bits per heavy atom. The van der Waals surface area contributed by atoms with Gasteiger partial charge < -0.3 is 15.1 Å². The summed E-state index contributed by atoms with van der Waals surface area (Å²) in [4.78, 5) is 25.0. The molecule has 0 aromatic heterocycles. The molecular formula is C23H23ClFNO4. The van der Waals surface area contributed by atoms with Gasteiger partial charge in [0.15, 0.2) is 0 Å². The number of likely N-dealkylation sites (tertiary alicyclic amines) is 1. The highest BCUT2D eigenvalue weighted by Crippen LogP contribution is 2.22. The van der Waals surface area contributed by atoms with Crippen LogP contribution in [0.3, 0.4) is 0 Å². The Morgan fingerprint density at radius 2 is 1.93 bits per heavy atom. The second-order valence-electron chi connectivity index (χ2n) is 7.35. The molecule has 1 amide bonds. The molecule has 0 spiro atoms. The summed E-state index contributed by atoms with van der Waals surface area (Å²) >= 11 is 5.77. The topological polar surface area (TPSA) is 77.8 Å². The first-order valence-electron chi connectivity index (χ1n) is 9.75. The number of aromatic carboxylic acids is 1. The highest BCUT2D eigenvalue weighted by molar-refractivity contribution is 6.30. The Kier molecular flexibility index (Phi) is 7.24. The molecule has 3 rings (SSSR count). The van der Waals surface area contributed by atoms with Crippen LogP contribution in [0.4, 0.5) is 4.39 Å². The van der Waals surface area contributed by atoms with E-state index in [0.717, 1.165) is 11.1 Å². The first-order chi connectivity index (χ1) is 14.3. The predicted octanol–water partition coefficient (Wildman–Crippen LogP) is 3.87. The molecular weight excluding hydrogens is 409 g/mol. The fourth-order valence-electron chi connectivity index (χ4n) is 3.54. The lowest BCUT2D eigenvalue weighted by Gasteiger charge is -2.23. The molecule has 7 heteroatoms. The van der Waals surface area contributed by atoms with Crippen LogP contribution in [0.2, 0.25) is 5.02 Å². The first-order valence-corrected chi connectivity index (χ1v) is 10.1. The van der Waals surface area contributed by atoms with Crippen molar-refractivity contribution in [1.29, 1.82) is 0 Å². The fraction of sp³-hybridized carbons (Fsp3) is 0.304. The van der Waals surface area contributed by atoms with E-state index >= 15 is 0 Å². The molecule has 0 saturated carbocycles. The summed E-state index contributed by atoms with van der Waals surface area (Å²) in [5.41, 5.74) is 1.91. The number of benzene rings is 2. The zero-order valence-electron chi connectivity index (χ0n) is 16.3. The minimum Gasteiger partial charge on any atom is -0.478 e. The molecule has 0 unspecified atom stereocenters. The summed E-state index contributed by atoms with van der Waals surface area (Å²) < 4.78 is 13.2. The van der Waals surface area contributed by atoms with E-state index in [1.54, 1.807) is 41.3 Å². The number of carboxylic acid groups (broad SMARTS) is 1. The zero-order valence-corrected chi connectivity index (χ0v) is 17.1. The van der Waals surface area contributed by atoms with Crippen LogP contribution in [0.5, 0.6) is 0 Å². The number of halogens is 2. The van der Waals surface area contributed by atoms with Crippen LogP contribution in [0.15, 0.2) is 54.6 Å². The lowest BCUT2D eigenvalue weighted by Crippen LogP contribution is -2.33. The lowest BCUT2D eigenvalue weighted by atomic mass is 10.1. The van der Waals surface area contributed by atoms with Crippen LogP contribution in [-0.4, -0.2) is 45.7 Å². The third-order valence-corrected chi connectivity index (χ3v) is 5.49. The number of hydrogen-bond donors (Lipinski definition) is 2. The van der Waals surface area contributed by atoms with Crippen molar-refractivity contribution >= 4 is 23.5 Å². The van der Waals surface area contributed by atoms with E-state index in [-0.39, 0.29) is 22.5 Å². The fourth-order valence-corrected chi connectivity index (χ4v) is 3.75. The van der Waals surface area contributed by atoms with Crippen molar-refractivity contribution < 1.29 is 24.2 Å². The normalized spacial score (nSPS) is 17.6. The number of amides is 1. The molecule has 1 aliphatic rings. The van der Waals surface area contributed by atoms with Gasteiger partial charge in [-0.25, -0.2) is 9.18 Å². The molecule has 0 aliphatic carbocycles. The largest absolute Gasteiger partial charge is 0.478 e. The minimum absolute atomic E-state index is 0.0210. The number of aliphatic hydroxyl groups excluding tert-OH is 1. The van der Waals surface area contributed by atoms with Crippen LogP contribution in [0.1, 0.15) is 34.3 Å². The van der Waals surface area contributed by atoms with Crippen LogP contribution in [0, 0.1) is 5.82 Å². The van der Waals surface area contributed by atoms with Crippen molar-refractivity contribution in [2.24, 2.45) is 0 Å². The Balaban J connectivity index is 1.57. The number of carbonyl (C=O) groups is 2. The third-order valence-electron chi connectivity index (χ3n) is 5.20. The lowest BCUT2D eigenvalue weighted by molar-refractivity contribution is -0.128. The molecule has 0 bridgehead atoms. The molecule has 1 fully saturated rings. The maximum Gasteiger partial charge on any atom is 0.335 e. The molecule has 158 valence electrons. The standard InChI is InChI=1S/C23H23ClFNO4/c24-20-14-16(3-9-21(20)25)13-19(27)8-6-18-7-10-22(28)26(18)12-11-15-1-4-17(5-2-15)23(29)30/h1-6,8-9,14,18-19,27H,7,10-13H2,(H,29,30)/b8-6+/t18-,19+/m0/s1. The predicted molar refractivity (Wildman–Crippen MR) is 112 cm³/mol. The van der Waals surface area contributed by atoms with Crippen molar-refractivity contribution in [3.05, 3.63) is 82.1 Å². The first kappa shape index (κ1) is 22.0. The second-order valence-corrected chi connectivity index (χ2v) is 7.76. The van der Waals surface area contributed by atoms with Gasteiger partial charge in [-0.15, -0.1) is 0 Å². The van der Waals surface area contributed by atoms with Gasteiger partial charge in [0.05, 0.1) is 22.7 Å². The van der Waals surface area contributed by atoms with E-state index < -0.39 is 17.9 Å². The highest BCUT2D eigenvalue weighted by Gasteiger charge is 2.28. The third kappa shape index (κ3) is 5.68. The number of hydrogen-bond acceptors (Lipinski definition) is 3.